The minimum Gasteiger partial charge on any atom is -0.373 e. The standard InChI is InChI=1S/C12H16N4O7/c1-7(22-13)23-16-5-11(21)15-4-10(20)14-3-8(18)12(16,2)9(19)6-17/h6H,1,3-5,13H2,2H3,(H,14,20)(H,15,21). The van der Waals surface area contributed by atoms with Gasteiger partial charge in [-0.15, -0.1) is 5.06 Å². The lowest BCUT2D eigenvalue weighted by atomic mass is 9.90. The first-order valence-corrected chi connectivity index (χ1v) is 6.33. The van der Waals surface area contributed by atoms with Crippen molar-refractivity contribution in [1.29, 1.82) is 0 Å². The van der Waals surface area contributed by atoms with Gasteiger partial charge in [0.2, 0.25) is 17.6 Å². The molecular formula is C12H16N4O7. The Kier molecular flexibility index (Phi) is 5.93. The summed E-state index contributed by atoms with van der Waals surface area (Å²) in [5, 5.41) is 5.08. The average Bonchev–Trinajstić information content (AvgIpc) is 2.54. The van der Waals surface area contributed by atoms with Crippen LogP contribution in [0.25, 0.3) is 0 Å². The van der Waals surface area contributed by atoms with Crippen LogP contribution in [0.4, 0.5) is 0 Å². The minimum atomic E-state index is -2.19. The van der Waals surface area contributed by atoms with Crippen molar-refractivity contribution >= 4 is 29.7 Å². The van der Waals surface area contributed by atoms with E-state index in [1.807, 2.05) is 0 Å². The van der Waals surface area contributed by atoms with Crippen LogP contribution in [0.15, 0.2) is 12.5 Å². The number of nitrogens with zero attached hydrogens (tertiary/aromatic N) is 1. The van der Waals surface area contributed by atoms with Gasteiger partial charge in [0, 0.05) is 0 Å². The number of hydrogen-bond acceptors (Lipinski definition) is 9. The monoisotopic (exact) mass is 328 g/mol. The van der Waals surface area contributed by atoms with Crippen LogP contribution in [-0.2, 0) is 33.6 Å². The van der Waals surface area contributed by atoms with Crippen LogP contribution >= 0.6 is 0 Å². The number of amides is 2. The Morgan fingerprint density at radius 3 is 2.48 bits per heavy atom. The van der Waals surface area contributed by atoms with Gasteiger partial charge in [0.15, 0.2) is 17.6 Å². The lowest BCUT2D eigenvalue weighted by Crippen LogP contribution is -2.63. The lowest BCUT2D eigenvalue weighted by Gasteiger charge is -2.36. The Hall–Kier alpha value is -2.79. The van der Waals surface area contributed by atoms with Crippen LogP contribution in [0.3, 0.4) is 0 Å². The van der Waals surface area contributed by atoms with Crippen LogP contribution in [0.5, 0.6) is 0 Å². The molecule has 1 aliphatic rings. The van der Waals surface area contributed by atoms with Gasteiger partial charge in [-0.3, -0.25) is 24.0 Å². The number of ketones is 2. The molecule has 1 atom stereocenters. The van der Waals surface area contributed by atoms with Gasteiger partial charge in [0.05, 0.1) is 13.1 Å². The Labute approximate surface area is 130 Å². The van der Waals surface area contributed by atoms with E-state index < -0.39 is 48.0 Å². The van der Waals surface area contributed by atoms with Crippen LogP contribution in [0.1, 0.15) is 6.92 Å². The minimum absolute atomic E-state index is 0.0915. The van der Waals surface area contributed by atoms with E-state index in [4.69, 9.17) is 10.7 Å². The molecule has 1 rings (SSSR count). The number of nitrogens with two attached hydrogens (primary N) is 1. The summed E-state index contributed by atoms with van der Waals surface area (Å²) in [5.74, 6) is 0.903. The zero-order chi connectivity index (χ0) is 17.6. The van der Waals surface area contributed by atoms with Crippen LogP contribution in [-0.4, -0.2) is 59.9 Å². The molecule has 0 aliphatic carbocycles. The highest BCUT2D eigenvalue weighted by Crippen LogP contribution is 2.20. The summed E-state index contributed by atoms with van der Waals surface area (Å²) in [5.41, 5.74) is -2.19. The van der Waals surface area contributed by atoms with E-state index in [-0.39, 0.29) is 12.8 Å². The molecule has 1 unspecified atom stereocenters. The summed E-state index contributed by atoms with van der Waals surface area (Å²) in [7, 11) is 0. The van der Waals surface area contributed by atoms with Gasteiger partial charge in [-0.25, -0.2) is 0 Å². The zero-order valence-corrected chi connectivity index (χ0v) is 12.3. The smallest absolute Gasteiger partial charge is 0.311 e. The van der Waals surface area contributed by atoms with Crippen molar-refractivity contribution in [2.45, 2.75) is 12.5 Å². The van der Waals surface area contributed by atoms with E-state index in [1.165, 1.54) is 0 Å². The van der Waals surface area contributed by atoms with Gasteiger partial charge in [-0.2, -0.15) is 5.90 Å². The molecule has 0 aromatic carbocycles. The summed E-state index contributed by atoms with van der Waals surface area (Å²) in [6.07, 6.45) is -0.0915. The van der Waals surface area contributed by atoms with Crippen molar-refractivity contribution < 1.29 is 33.6 Å². The van der Waals surface area contributed by atoms with Crippen molar-refractivity contribution in [3.05, 3.63) is 12.5 Å². The first-order chi connectivity index (χ1) is 10.7. The molecular weight excluding hydrogens is 312 g/mol. The van der Waals surface area contributed by atoms with Gasteiger partial charge in [-0.05, 0) is 13.5 Å². The normalized spacial score (nSPS) is 23.3. The third-order valence-corrected chi connectivity index (χ3v) is 3.15. The molecule has 2 amide bonds. The van der Waals surface area contributed by atoms with Crippen LogP contribution in [0, 0.1) is 0 Å². The van der Waals surface area contributed by atoms with E-state index in [0.717, 1.165) is 6.92 Å². The molecule has 0 aromatic heterocycles. The number of Topliss-reactive ketones (excluding diaryl/α,β-unsaturated/α-hetero) is 2. The van der Waals surface area contributed by atoms with Gasteiger partial charge in [0.1, 0.15) is 6.54 Å². The molecule has 0 aromatic rings. The summed E-state index contributed by atoms with van der Waals surface area (Å²) in [4.78, 5) is 67.6. The average molecular weight is 328 g/mol. The summed E-state index contributed by atoms with van der Waals surface area (Å²) >= 11 is 0. The molecule has 0 saturated carbocycles. The molecule has 23 heavy (non-hydrogen) atoms. The molecule has 1 aliphatic heterocycles. The van der Waals surface area contributed by atoms with Crippen molar-refractivity contribution in [3.63, 3.8) is 0 Å². The molecule has 1 saturated heterocycles. The van der Waals surface area contributed by atoms with Crippen molar-refractivity contribution in [1.82, 2.24) is 15.7 Å². The number of carbonyl (C=O) groups is 5. The molecule has 1 heterocycles. The number of nitrogens with one attached hydrogen (secondary N) is 2. The molecule has 11 heteroatoms. The van der Waals surface area contributed by atoms with Crippen molar-refractivity contribution in [3.8, 4) is 0 Å². The second-order valence-corrected chi connectivity index (χ2v) is 4.65. The van der Waals surface area contributed by atoms with Crippen molar-refractivity contribution in [2.24, 2.45) is 5.90 Å². The number of hydrogen-bond donors (Lipinski definition) is 3. The SMILES string of the molecule is C=C(ON)ON1CC(=O)NCC(=O)NCC(=O)C1(C)C(=O)C=O. The van der Waals surface area contributed by atoms with Gasteiger partial charge in [0.25, 0.3) is 0 Å². The van der Waals surface area contributed by atoms with Gasteiger partial charge >= 0.3 is 5.95 Å². The largest absolute Gasteiger partial charge is 0.373 e. The molecule has 126 valence electrons. The van der Waals surface area contributed by atoms with E-state index in [0.29, 0.717) is 5.06 Å². The first-order valence-electron chi connectivity index (χ1n) is 6.33. The number of aldehydes is 1. The summed E-state index contributed by atoms with van der Waals surface area (Å²) in [6, 6.07) is 0. The zero-order valence-electron chi connectivity index (χ0n) is 12.3. The van der Waals surface area contributed by atoms with Crippen LogP contribution in [0.2, 0.25) is 0 Å². The molecule has 0 spiro atoms. The van der Waals surface area contributed by atoms with Crippen molar-refractivity contribution in [2.75, 3.05) is 19.6 Å². The molecule has 4 N–H and O–H groups in total. The fourth-order valence-corrected chi connectivity index (χ4v) is 1.72. The summed E-state index contributed by atoms with van der Waals surface area (Å²) in [6.45, 7) is 2.74. The maximum Gasteiger partial charge on any atom is 0.311 e. The highest BCUT2D eigenvalue weighted by molar-refractivity contribution is 6.36. The Morgan fingerprint density at radius 2 is 1.91 bits per heavy atom. The second kappa shape index (κ2) is 7.47. The quantitative estimate of drug-likeness (QED) is 0.156. The predicted octanol–water partition coefficient (Wildman–Crippen LogP) is -3.08. The fraction of sp³-hybridized carbons (Fsp3) is 0.417. The Bertz CT molecular complexity index is 562. The number of carbonyl (C=O) groups excluding carboxylic acids is 5. The summed E-state index contributed by atoms with van der Waals surface area (Å²) < 4.78 is 0. The number of rotatable bonds is 5. The van der Waals surface area contributed by atoms with Gasteiger partial charge in [-0.1, -0.05) is 0 Å². The topological polar surface area (TPSA) is 157 Å². The third-order valence-electron chi connectivity index (χ3n) is 3.15. The molecule has 1 fully saturated rings. The Balaban J connectivity index is 3.27. The highest BCUT2D eigenvalue weighted by Gasteiger charge is 2.49. The molecule has 0 bridgehead atoms. The molecule has 0 radical (unpaired) electrons. The highest BCUT2D eigenvalue weighted by atomic mass is 16.8. The van der Waals surface area contributed by atoms with Gasteiger partial charge < -0.3 is 20.3 Å². The maximum atomic E-state index is 12.3. The van der Waals surface area contributed by atoms with Crippen LogP contribution < -0.4 is 16.5 Å². The lowest BCUT2D eigenvalue weighted by molar-refractivity contribution is -0.217. The maximum absolute atomic E-state index is 12.3. The predicted molar refractivity (Wildman–Crippen MR) is 72.7 cm³/mol. The van der Waals surface area contributed by atoms with E-state index >= 15 is 0 Å². The number of hydroxylamine groups is 2. The third kappa shape index (κ3) is 4.11. The van der Waals surface area contributed by atoms with E-state index in [1.54, 1.807) is 0 Å². The van der Waals surface area contributed by atoms with E-state index in [9.17, 15) is 24.0 Å². The first kappa shape index (κ1) is 18.3. The molecule has 11 nitrogen and oxygen atoms in total. The Morgan fingerprint density at radius 1 is 1.30 bits per heavy atom. The fourth-order valence-electron chi connectivity index (χ4n) is 1.72. The van der Waals surface area contributed by atoms with E-state index in [2.05, 4.69) is 22.1 Å². The second-order valence-electron chi connectivity index (χ2n) is 4.65.